The number of anilines is 2. The maximum atomic E-state index is 12.5. The molecule has 168 valence electrons. The lowest BCUT2D eigenvalue weighted by atomic mass is 10.1. The fourth-order valence-corrected chi connectivity index (χ4v) is 4.40. The molecule has 7 nitrogen and oxygen atoms in total. The molecular weight excluding hydrogens is 414 g/mol. The summed E-state index contributed by atoms with van der Waals surface area (Å²) in [6.45, 7) is 8.10. The van der Waals surface area contributed by atoms with E-state index in [0.717, 1.165) is 5.56 Å². The quantitative estimate of drug-likeness (QED) is 0.580. The van der Waals surface area contributed by atoms with Gasteiger partial charge in [0.05, 0.1) is 4.90 Å². The molecule has 2 aromatic carbocycles. The summed E-state index contributed by atoms with van der Waals surface area (Å²) < 4.78 is 26.5. The van der Waals surface area contributed by atoms with Crippen molar-refractivity contribution < 1.29 is 18.0 Å². The average molecular weight is 446 g/mol. The molecular formula is C23H31N3O4S. The lowest BCUT2D eigenvalue weighted by molar-refractivity contribution is -0.119. The van der Waals surface area contributed by atoms with E-state index in [0.29, 0.717) is 30.9 Å². The van der Waals surface area contributed by atoms with Gasteiger partial charge in [-0.1, -0.05) is 39.8 Å². The van der Waals surface area contributed by atoms with Crippen molar-refractivity contribution in [2.45, 2.75) is 45.4 Å². The summed E-state index contributed by atoms with van der Waals surface area (Å²) in [4.78, 5) is 24.2. The summed E-state index contributed by atoms with van der Waals surface area (Å²) in [7, 11) is -3.48. The van der Waals surface area contributed by atoms with Crippen LogP contribution in [0, 0.1) is 5.92 Å². The molecule has 0 aliphatic rings. The van der Waals surface area contributed by atoms with Crippen molar-refractivity contribution in [3.05, 3.63) is 54.1 Å². The Morgan fingerprint density at radius 1 is 0.871 bits per heavy atom. The van der Waals surface area contributed by atoms with E-state index in [-0.39, 0.29) is 29.0 Å². The van der Waals surface area contributed by atoms with Crippen molar-refractivity contribution in [2.24, 2.45) is 5.92 Å². The van der Waals surface area contributed by atoms with E-state index in [1.807, 2.05) is 27.7 Å². The molecule has 0 saturated heterocycles. The summed E-state index contributed by atoms with van der Waals surface area (Å²) in [6.07, 6.45) is 0.772. The Balaban J connectivity index is 1.89. The first-order valence-electron chi connectivity index (χ1n) is 10.5. The van der Waals surface area contributed by atoms with Crippen LogP contribution in [0.5, 0.6) is 0 Å². The molecule has 0 aliphatic carbocycles. The van der Waals surface area contributed by atoms with Gasteiger partial charge in [-0.05, 0) is 48.4 Å². The van der Waals surface area contributed by atoms with Gasteiger partial charge in [0.1, 0.15) is 0 Å². The zero-order valence-electron chi connectivity index (χ0n) is 18.5. The highest BCUT2D eigenvalue weighted by atomic mass is 32.2. The molecule has 31 heavy (non-hydrogen) atoms. The van der Waals surface area contributed by atoms with Gasteiger partial charge in [0.15, 0.2) is 0 Å². The Bertz CT molecular complexity index is 980. The Kier molecular flexibility index (Phi) is 8.76. The Labute approximate surface area is 184 Å². The monoisotopic (exact) mass is 445 g/mol. The molecule has 0 spiro atoms. The second-order valence-electron chi connectivity index (χ2n) is 7.50. The fraction of sp³-hybridized carbons (Fsp3) is 0.391. The van der Waals surface area contributed by atoms with Gasteiger partial charge in [-0.2, -0.15) is 4.31 Å². The third-order valence-corrected chi connectivity index (χ3v) is 6.93. The van der Waals surface area contributed by atoms with Crippen molar-refractivity contribution in [3.8, 4) is 0 Å². The smallest absolute Gasteiger partial charge is 0.243 e. The highest BCUT2D eigenvalue weighted by Crippen LogP contribution is 2.18. The third-order valence-electron chi connectivity index (χ3n) is 4.87. The van der Waals surface area contributed by atoms with E-state index in [2.05, 4.69) is 10.6 Å². The summed E-state index contributed by atoms with van der Waals surface area (Å²) >= 11 is 0. The molecule has 0 aromatic heterocycles. The number of nitrogens with zero attached hydrogens (tertiary/aromatic N) is 1. The van der Waals surface area contributed by atoms with E-state index >= 15 is 0 Å². The number of carbonyl (C=O) groups excluding carboxylic acids is 2. The van der Waals surface area contributed by atoms with Gasteiger partial charge in [0.25, 0.3) is 0 Å². The number of carbonyl (C=O) groups is 2. The Hall–Kier alpha value is -2.71. The Morgan fingerprint density at radius 2 is 1.39 bits per heavy atom. The highest BCUT2D eigenvalue weighted by molar-refractivity contribution is 7.89. The van der Waals surface area contributed by atoms with Crippen LogP contribution in [0.3, 0.4) is 0 Å². The second kappa shape index (κ2) is 11.1. The lowest BCUT2D eigenvalue weighted by Crippen LogP contribution is -2.30. The van der Waals surface area contributed by atoms with Crippen LogP contribution < -0.4 is 10.6 Å². The molecule has 0 atom stereocenters. The molecule has 0 radical (unpaired) electrons. The number of amides is 2. The van der Waals surface area contributed by atoms with Gasteiger partial charge >= 0.3 is 0 Å². The highest BCUT2D eigenvalue weighted by Gasteiger charge is 2.21. The molecule has 0 heterocycles. The van der Waals surface area contributed by atoms with Gasteiger partial charge < -0.3 is 10.6 Å². The standard InChI is InChI=1S/C23H31N3O4S/c1-5-26(6-2)31(29,30)21-14-7-18(8-15-21)9-16-22(27)24-19-10-12-20(13-11-19)25-23(28)17(3)4/h7-8,10-15,17H,5-6,9,16H2,1-4H3,(H,24,27)(H,25,28). The minimum Gasteiger partial charge on any atom is -0.326 e. The van der Waals surface area contributed by atoms with E-state index < -0.39 is 10.0 Å². The first-order valence-corrected chi connectivity index (χ1v) is 11.9. The van der Waals surface area contributed by atoms with Gasteiger partial charge in [-0.25, -0.2) is 8.42 Å². The SMILES string of the molecule is CCN(CC)S(=O)(=O)c1ccc(CCC(=O)Nc2ccc(NC(=O)C(C)C)cc2)cc1. The van der Waals surface area contributed by atoms with Crippen molar-refractivity contribution in [3.63, 3.8) is 0 Å². The van der Waals surface area contributed by atoms with Crippen LogP contribution in [0.2, 0.25) is 0 Å². The average Bonchev–Trinajstić information content (AvgIpc) is 2.74. The minimum atomic E-state index is -3.48. The topological polar surface area (TPSA) is 95.6 Å². The van der Waals surface area contributed by atoms with Crippen LogP contribution in [0.1, 0.15) is 39.7 Å². The van der Waals surface area contributed by atoms with E-state index in [1.165, 1.54) is 4.31 Å². The number of rotatable bonds is 10. The predicted molar refractivity (Wildman–Crippen MR) is 123 cm³/mol. The maximum Gasteiger partial charge on any atom is 0.243 e. The second-order valence-corrected chi connectivity index (χ2v) is 9.44. The number of hydrogen-bond acceptors (Lipinski definition) is 4. The van der Waals surface area contributed by atoms with Crippen molar-refractivity contribution in [1.29, 1.82) is 0 Å². The van der Waals surface area contributed by atoms with Gasteiger partial charge in [0, 0.05) is 36.8 Å². The van der Waals surface area contributed by atoms with Crippen LogP contribution in [-0.2, 0) is 26.0 Å². The zero-order valence-corrected chi connectivity index (χ0v) is 19.3. The van der Waals surface area contributed by atoms with Crippen LogP contribution in [-0.4, -0.2) is 37.6 Å². The first kappa shape index (κ1) is 24.6. The molecule has 8 heteroatoms. The largest absolute Gasteiger partial charge is 0.326 e. The summed E-state index contributed by atoms with van der Waals surface area (Å²) in [6, 6.07) is 13.6. The number of hydrogen-bond donors (Lipinski definition) is 2. The van der Waals surface area contributed by atoms with Gasteiger partial charge in [-0.15, -0.1) is 0 Å². The van der Waals surface area contributed by atoms with E-state index in [4.69, 9.17) is 0 Å². The van der Waals surface area contributed by atoms with Crippen LogP contribution in [0.25, 0.3) is 0 Å². The normalized spacial score (nSPS) is 11.5. The predicted octanol–water partition coefficient (Wildman–Crippen LogP) is 3.88. The van der Waals surface area contributed by atoms with Crippen molar-refractivity contribution in [2.75, 3.05) is 23.7 Å². The molecule has 0 bridgehead atoms. The molecule has 2 N–H and O–H groups in total. The molecule has 0 saturated carbocycles. The van der Waals surface area contributed by atoms with Crippen LogP contribution in [0.4, 0.5) is 11.4 Å². The van der Waals surface area contributed by atoms with E-state index in [9.17, 15) is 18.0 Å². The first-order chi connectivity index (χ1) is 14.7. The van der Waals surface area contributed by atoms with Crippen molar-refractivity contribution in [1.82, 2.24) is 4.31 Å². The van der Waals surface area contributed by atoms with Crippen LogP contribution in [0.15, 0.2) is 53.4 Å². The summed E-state index contributed by atoms with van der Waals surface area (Å²) in [5, 5.41) is 5.63. The summed E-state index contributed by atoms with van der Waals surface area (Å²) in [5.41, 5.74) is 2.21. The number of benzene rings is 2. The van der Waals surface area contributed by atoms with Crippen molar-refractivity contribution >= 4 is 33.2 Å². The molecule has 2 aromatic rings. The molecule has 0 unspecified atom stereocenters. The number of aryl methyl sites for hydroxylation is 1. The van der Waals surface area contributed by atoms with Gasteiger partial charge in [-0.3, -0.25) is 9.59 Å². The zero-order chi connectivity index (χ0) is 23.0. The van der Waals surface area contributed by atoms with Crippen LogP contribution >= 0.6 is 0 Å². The third kappa shape index (κ3) is 6.90. The fourth-order valence-electron chi connectivity index (χ4n) is 2.95. The van der Waals surface area contributed by atoms with Gasteiger partial charge in [0.2, 0.25) is 21.8 Å². The van der Waals surface area contributed by atoms with E-state index in [1.54, 1.807) is 48.5 Å². The molecule has 2 amide bonds. The number of nitrogens with one attached hydrogen (secondary N) is 2. The minimum absolute atomic E-state index is 0.0623. The summed E-state index contributed by atoms with van der Waals surface area (Å²) in [5.74, 6) is -0.308. The lowest BCUT2D eigenvalue weighted by Gasteiger charge is -2.18. The maximum absolute atomic E-state index is 12.5. The Morgan fingerprint density at radius 3 is 1.87 bits per heavy atom. The molecule has 0 aliphatic heterocycles. The molecule has 0 fully saturated rings. The molecule has 2 rings (SSSR count). The number of sulfonamides is 1.